The molecule has 0 bridgehead atoms. The number of ether oxygens (including phenoxy) is 1. The monoisotopic (exact) mass is 213 g/mol. The second-order valence-corrected chi connectivity index (χ2v) is 5.32. The zero-order chi connectivity index (χ0) is 11.1. The van der Waals surface area contributed by atoms with E-state index >= 15 is 0 Å². The molecule has 0 aliphatic heterocycles. The molecule has 1 atom stereocenters. The van der Waals surface area contributed by atoms with Crippen LogP contribution in [0.25, 0.3) is 0 Å². The van der Waals surface area contributed by atoms with Crippen molar-refractivity contribution in [3.8, 4) is 0 Å². The van der Waals surface area contributed by atoms with Gasteiger partial charge in [-0.25, -0.2) is 0 Å². The van der Waals surface area contributed by atoms with Crippen molar-refractivity contribution in [1.82, 2.24) is 5.32 Å². The summed E-state index contributed by atoms with van der Waals surface area (Å²) < 4.78 is 5.77. The molecule has 2 heteroatoms. The summed E-state index contributed by atoms with van der Waals surface area (Å²) in [5, 5.41) is 3.43. The summed E-state index contributed by atoms with van der Waals surface area (Å²) in [6.45, 7) is 9.66. The molecular formula is C13H27NO. The van der Waals surface area contributed by atoms with E-state index in [1.165, 1.54) is 25.7 Å². The number of hydrogen-bond donors (Lipinski definition) is 1. The molecule has 1 N–H and O–H groups in total. The van der Waals surface area contributed by atoms with Crippen LogP contribution in [0.2, 0.25) is 0 Å². The average molecular weight is 213 g/mol. The van der Waals surface area contributed by atoms with Crippen LogP contribution in [0, 0.1) is 11.8 Å². The van der Waals surface area contributed by atoms with Crippen molar-refractivity contribution in [2.24, 2.45) is 11.8 Å². The molecule has 1 aliphatic carbocycles. The molecule has 1 rings (SSSR count). The molecule has 0 aromatic heterocycles. The summed E-state index contributed by atoms with van der Waals surface area (Å²) in [5.41, 5.74) is 0. The molecule has 0 amide bonds. The molecule has 1 aliphatic rings. The van der Waals surface area contributed by atoms with Crippen LogP contribution >= 0.6 is 0 Å². The van der Waals surface area contributed by atoms with Crippen LogP contribution in [0.15, 0.2) is 0 Å². The van der Waals surface area contributed by atoms with Crippen LogP contribution in [0.4, 0.5) is 0 Å². The molecule has 0 aromatic carbocycles. The molecule has 0 saturated heterocycles. The Balaban J connectivity index is 1.86. The highest BCUT2D eigenvalue weighted by Crippen LogP contribution is 2.29. The van der Waals surface area contributed by atoms with E-state index in [1.54, 1.807) is 0 Å². The summed E-state index contributed by atoms with van der Waals surface area (Å²) in [4.78, 5) is 0. The maximum Gasteiger partial charge on any atom is 0.0671 e. The maximum absolute atomic E-state index is 5.77. The second kappa shape index (κ2) is 7.24. The standard InChI is InChI=1S/C13H27NO/c1-11(2)9-14-10-12(3)15-8-7-13-5-4-6-13/h11-14H,4-10H2,1-3H3. The Kier molecular flexibility index (Phi) is 6.26. The molecule has 2 nitrogen and oxygen atoms in total. The van der Waals surface area contributed by atoms with Crippen LogP contribution in [-0.4, -0.2) is 25.8 Å². The smallest absolute Gasteiger partial charge is 0.0671 e. The van der Waals surface area contributed by atoms with Crippen molar-refractivity contribution < 1.29 is 4.74 Å². The lowest BCUT2D eigenvalue weighted by Gasteiger charge is -2.25. The minimum atomic E-state index is 0.365. The SMILES string of the molecule is CC(C)CNCC(C)OCCC1CCC1. The first kappa shape index (κ1) is 13.0. The summed E-state index contributed by atoms with van der Waals surface area (Å²) in [7, 11) is 0. The van der Waals surface area contributed by atoms with Crippen LogP contribution < -0.4 is 5.32 Å². The zero-order valence-corrected chi connectivity index (χ0v) is 10.6. The van der Waals surface area contributed by atoms with Gasteiger partial charge in [0.15, 0.2) is 0 Å². The first-order valence-electron chi connectivity index (χ1n) is 6.50. The van der Waals surface area contributed by atoms with E-state index in [0.29, 0.717) is 6.10 Å². The Morgan fingerprint density at radius 2 is 1.93 bits per heavy atom. The van der Waals surface area contributed by atoms with Crippen molar-refractivity contribution in [3.05, 3.63) is 0 Å². The Labute approximate surface area is 94.8 Å². The van der Waals surface area contributed by atoms with Gasteiger partial charge in [-0.05, 0) is 31.7 Å². The van der Waals surface area contributed by atoms with Gasteiger partial charge in [-0.15, -0.1) is 0 Å². The lowest BCUT2D eigenvalue weighted by Crippen LogP contribution is -2.30. The van der Waals surface area contributed by atoms with Gasteiger partial charge in [0, 0.05) is 13.2 Å². The fourth-order valence-electron chi connectivity index (χ4n) is 1.85. The van der Waals surface area contributed by atoms with Gasteiger partial charge >= 0.3 is 0 Å². The van der Waals surface area contributed by atoms with Gasteiger partial charge in [0.2, 0.25) is 0 Å². The average Bonchev–Trinajstić information content (AvgIpc) is 2.08. The largest absolute Gasteiger partial charge is 0.377 e. The van der Waals surface area contributed by atoms with E-state index in [4.69, 9.17) is 4.74 Å². The van der Waals surface area contributed by atoms with Gasteiger partial charge in [0.1, 0.15) is 0 Å². The predicted molar refractivity (Wildman–Crippen MR) is 65.1 cm³/mol. The van der Waals surface area contributed by atoms with E-state index in [9.17, 15) is 0 Å². The minimum Gasteiger partial charge on any atom is -0.377 e. The Morgan fingerprint density at radius 3 is 2.47 bits per heavy atom. The first-order valence-corrected chi connectivity index (χ1v) is 6.50. The third-order valence-corrected chi connectivity index (χ3v) is 3.14. The minimum absolute atomic E-state index is 0.365. The highest BCUT2D eigenvalue weighted by Gasteiger charge is 2.16. The third-order valence-electron chi connectivity index (χ3n) is 3.14. The van der Waals surface area contributed by atoms with Gasteiger partial charge in [0.05, 0.1) is 6.10 Å². The van der Waals surface area contributed by atoms with E-state index in [1.807, 2.05) is 0 Å². The molecule has 1 unspecified atom stereocenters. The summed E-state index contributed by atoms with van der Waals surface area (Å²) >= 11 is 0. The molecule has 0 aromatic rings. The van der Waals surface area contributed by atoms with Gasteiger partial charge < -0.3 is 10.1 Å². The summed E-state index contributed by atoms with van der Waals surface area (Å²) in [6, 6.07) is 0. The quantitative estimate of drug-likeness (QED) is 0.669. The van der Waals surface area contributed by atoms with Crippen LogP contribution in [0.1, 0.15) is 46.5 Å². The lowest BCUT2D eigenvalue weighted by molar-refractivity contribution is 0.0489. The molecule has 0 radical (unpaired) electrons. The van der Waals surface area contributed by atoms with Crippen molar-refractivity contribution in [2.75, 3.05) is 19.7 Å². The normalized spacial score (nSPS) is 19.2. The Morgan fingerprint density at radius 1 is 1.20 bits per heavy atom. The van der Waals surface area contributed by atoms with E-state index in [2.05, 4.69) is 26.1 Å². The van der Waals surface area contributed by atoms with Crippen LogP contribution in [0.3, 0.4) is 0 Å². The lowest BCUT2D eigenvalue weighted by atomic mass is 9.83. The molecule has 1 saturated carbocycles. The molecule has 0 spiro atoms. The van der Waals surface area contributed by atoms with Crippen molar-refractivity contribution in [1.29, 1.82) is 0 Å². The predicted octanol–water partition coefficient (Wildman–Crippen LogP) is 2.83. The van der Waals surface area contributed by atoms with Crippen LogP contribution in [-0.2, 0) is 4.74 Å². The Bertz CT molecular complexity index is 155. The van der Waals surface area contributed by atoms with Gasteiger partial charge in [-0.3, -0.25) is 0 Å². The molecule has 90 valence electrons. The fraction of sp³-hybridized carbons (Fsp3) is 1.00. The van der Waals surface area contributed by atoms with E-state index in [-0.39, 0.29) is 0 Å². The van der Waals surface area contributed by atoms with Gasteiger partial charge in [-0.2, -0.15) is 0 Å². The van der Waals surface area contributed by atoms with Crippen molar-refractivity contribution >= 4 is 0 Å². The third kappa shape index (κ3) is 6.16. The summed E-state index contributed by atoms with van der Waals surface area (Å²) in [5.74, 6) is 1.70. The van der Waals surface area contributed by atoms with E-state index < -0.39 is 0 Å². The topological polar surface area (TPSA) is 21.3 Å². The highest BCUT2D eigenvalue weighted by atomic mass is 16.5. The highest BCUT2D eigenvalue weighted by molar-refractivity contribution is 4.69. The number of rotatable bonds is 8. The van der Waals surface area contributed by atoms with Crippen molar-refractivity contribution in [3.63, 3.8) is 0 Å². The van der Waals surface area contributed by atoms with Gasteiger partial charge in [0.25, 0.3) is 0 Å². The summed E-state index contributed by atoms with van der Waals surface area (Å²) in [6.07, 6.45) is 5.95. The molecule has 0 heterocycles. The van der Waals surface area contributed by atoms with Crippen LogP contribution in [0.5, 0.6) is 0 Å². The van der Waals surface area contributed by atoms with E-state index in [0.717, 1.165) is 31.5 Å². The number of hydrogen-bond acceptors (Lipinski definition) is 2. The number of nitrogens with one attached hydrogen (secondary N) is 1. The molecule has 15 heavy (non-hydrogen) atoms. The van der Waals surface area contributed by atoms with Crippen molar-refractivity contribution in [2.45, 2.75) is 52.6 Å². The maximum atomic E-state index is 5.77. The molecule has 1 fully saturated rings. The van der Waals surface area contributed by atoms with Gasteiger partial charge in [-0.1, -0.05) is 33.1 Å². The zero-order valence-electron chi connectivity index (χ0n) is 10.6. The molecular weight excluding hydrogens is 186 g/mol. The first-order chi connectivity index (χ1) is 7.18. The Hall–Kier alpha value is -0.0800. The fourth-order valence-corrected chi connectivity index (χ4v) is 1.85. The second-order valence-electron chi connectivity index (χ2n) is 5.32.